The highest BCUT2D eigenvalue weighted by Gasteiger charge is 2.42. The van der Waals surface area contributed by atoms with Crippen LogP contribution in [-0.2, 0) is 5.75 Å². The SMILES string of the molecule is Cc1ccc(SCc2ccc(C(=O)N3C[C@H]4CC[C@@H](C3)C4O)o2)cc1. The van der Waals surface area contributed by atoms with Crippen molar-refractivity contribution in [1.29, 1.82) is 0 Å². The molecule has 1 aromatic heterocycles. The van der Waals surface area contributed by atoms with E-state index in [1.165, 1.54) is 10.5 Å². The van der Waals surface area contributed by atoms with Crippen LogP contribution in [-0.4, -0.2) is 35.1 Å². The Balaban J connectivity index is 1.37. The highest BCUT2D eigenvalue weighted by atomic mass is 32.2. The van der Waals surface area contributed by atoms with Crippen LogP contribution in [0.2, 0.25) is 0 Å². The number of piperidine rings is 1. The number of aryl methyl sites for hydroxylation is 1. The number of nitrogens with zero attached hydrogens (tertiary/aromatic N) is 1. The third kappa shape index (κ3) is 3.48. The Morgan fingerprint density at radius 3 is 2.52 bits per heavy atom. The second-order valence-corrected chi connectivity index (χ2v) is 8.21. The normalized spacial score (nSPS) is 25.4. The molecule has 1 saturated carbocycles. The second kappa shape index (κ2) is 6.89. The topological polar surface area (TPSA) is 53.7 Å². The number of rotatable bonds is 4. The summed E-state index contributed by atoms with van der Waals surface area (Å²) in [5.74, 6) is 2.35. The highest BCUT2D eigenvalue weighted by molar-refractivity contribution is 7.98. The molecule has 4 rings (SSSR count). The fraction of sp³-hybridized carbons (Fsp3) is 0.450. The number of likely N-dealkylation sites (tertiary alicyclic amines) is 1. The number of benzene rings is 1. The molecule has 2 heterocycles. The molecule has 1 aliphatic carbocycles. The van der Waals surface area contributed by atoms with Gasteiger partial charge in [0.1, 0.15) is 5.76 Å². The lowest BCUT2D eigenvalue weighted by Gasteiger charge is -2.34. The molecule has 2 fully saturated rings. The first-order valence-electron chi connectivity index (χ1n) is 8.85. The zero-order chi connectivity index (χ0) is 17.4. The summed E-state index contributed by atoms with van der Waals surface area (Å²) in [5.41, 5.74) is 1.25. The van der Waals surface area contributed by atoms with Crippen molar-refractivity contribution in [3.63, 3.8) is 0 Å². The van der Waals surface area contributed by atoms with Gasteiger partial charge in [0.25, 0.3) is 5.91 Å². The van der Waals surface area contributed by atoms with Crippen LogP contribution < -0.4 is 0 Å². The van der Waals surface area contributed by atoms with Crippen molar-refractivity contribution in [3.05, 3.63) is 53.5 Å². The molecule has 1 saturated heterocycles. The van der Waals surface area contributed by atoms with Gasteiger partial charge in [-0.2, -0.15) is 0 Å². The average Bonchev–Trinajstić information content (AvgIpc) is 3.14. The number of carbonyl (C=O) groups excluding carboxylic acids is 1. The zero-order valence-corrected chi connectivity index (χ0v) is 15.2. The number of hydrogen-bond acceptors (Lipinski definition) is 4. The maximum Gasteiger partial charge on any atom is 0.289 e. The Morgan fingerprint density at radius 1 is 1.16 bits per heavy atom. The maximum atomic E-state index is 12.7. The molecule has 1 amide bonds. The van der Waals surface area contributed by atoms with Gasteiger partial charge in [0, 0.05) is 29.8 Å². The Hall–Kier alpha value is -1.72. The van der Waals surface area contributed by atoms with E-state index in [0.29, 0.717) is 24.6 Å². The minimum atomic E-state index is -0.234. The van der Waals surface area contributed by atoms with E-state index in [4.69, 9.17) is 4.42 Å². The van der Waals surface area contributed by atoms with Crippen LogP contribution in [0.4, 0.5) is 0 Å². The number of furan rings is 1. The van der Waals surface area contributed by atoms with Crippen molar-refractivity contribution in [2.75, 3.05) is 13.1 Å². The molecule has 0 spiro atoms. The van der Waals surface area contributed by atoms with Crippen molar-refractivity contribution in [2.45, 2.75) is 36.5 Å². The Morgan fingerprint density at radius 2 is 1.84 bits per heavy atom. The van der Waals surface area contributed by atoms with Crippen LogP contribution in [0, 0.1) is 18.8 Å². The first-order valence-corrected chi connectivity index (χ1v) is 9.84. The van der Waals surface area contributed by atoms with Gasteiger partial charge in [0.05, 0.1) is 11.9 Å². The van der Waals surface area contributed by atoms with Crippen LogP contribution in [0.25, 0.3) is 0 Å². The zero-order valence-electron chi connectivity index (χ0n) is 14.4. The van der Waals surface area contributed by atoms with Gasteiger partial charge in [-0.3, -0.25) is 4.79 Å². The van der Waals surface area contributed by atoms with Gasteiger partial charge in [-0.15, -0.1) is 11.8 Å². The largest absolute Gasteiger partial charge is 0.455 e. The third-order valence-corrected chi connectivity index (χ3v) is 6.38. The maximum absolute atomic E-state index is 12.7. The molecule has 5 heteroatoms. The van der Waals surface area contributed by atoms with Crippen molar-refractivity contribution < 1.29 is 14.3 Å². The molecule has 2 bridgehead atoms. The fourth-order valence-electron chi connectivity index (χ4n) is 3.87. The number of aliphatic hydroxyl groups is 1. The summed E-state index contributed by atoms with van der Waals surface area (Å²) >= 11 is 1.70. The first kappa shape index (κ1) is 16.7. The smallest absolute Gasteiger partial charge is 0.289 e. The molecule has 2 aromatic rings. The minimum Gasteiger partial charge on any atom is -0.455 e. The third-order valence-electron chi connectivity index (χ3n) is 5.35. The summed E-state index contributed by atoms with van der Waals surface area (Å²) in [5, 5.41) is 10.1. The number of aliphatic hydroxyl groups excluding tert-OH is 1. The molecule has 1 aromatic carbocycles. The van der Waals surface area contributed by atoms with Crippen LogP contribution in [0.3, 0.4) is 0 Å². The van der Waals surface area contributed by atoms with Crippen LogP contribution >= 0.6 is 11.8 Å². The molecule has 0 radical (unpaired) electrons. The van der Waals surface area contributed by atoms with Crippen LogP contribution in [0.1, 0.15) is 34.7 Å². The van der Waals surface area contributed by atoms with Gasteiger partial charge >= 0.3 is 0 Å². The first-order chi connectivity index (χ1) is 12.1. The summed E-state index contributed by atoms with van der Waals surface area (Å²) in [4.78, 5) is 15.7. The van der Waals surface area contributed by atoms with Gasteiger partial charge in [0.2, 0.25) is 0 Å². The monoisotopic (exact) mass is 357 g/mol. The van der Waals surface area contributed by atoms with Crippen LogP contribution in [0.15, 0.2) is 45.7 Å². The van der Waals surface area contributed by atoms with Gasteiger partial charge < -0.3 is 14.4 Å². The molecule has 3 atom stereocenters. The molecule has 132 valence electrons. The molecule has 2 aliphatic rings. The average molecular weight is 357 g/mol. The van der Waals surface area contributed by atoms with Crippen molar-refractivity contribution in [3.8, 4) is 0 Å². The number of amides is 1. The number of hydrogen-bond donors (Lipinski definition) is 1. The van der Waals surface area contributed by atoms with E-state index in [1.54, 1.807) is 17.8 Å². The summed E-state index contributed by atoms with van der Waals surface area (Å²) in [7, 11) is 0. The lowest BCUT2D eigenvalue weighted by Crippen LogP contribution is -2.47. The fourth-order valence-corrected chi connectivity index (χ4v) is 4.67. The predicted molar refractivity (Wildman–Crippen MR) is 97.6 cm³/mol. The highest BCUT2D eigenvalue weighted by Crippen LogP contribution is 2.37. The van der Waals surface area contributed by atoms with E-state index in [0.717, 1.165) is 18.6 Å². The summed E-state index contributed by atoms with van der Waals surface area (Å²) in [6.45, 7) is 3.36. The van der Waals surface area contributed by atoms with Gasteiger partial charge in [-0.05, 0) is 44.0 Å². The lowest BCUT2D eigenvalue weighted by molar-refractivity contribution is 0.0151. The summed E-state index contributed by atoms with van der Waals surface area (Å²) < 4.78 is 5.79. The number of carbonyl (C=O) groups is 1. The second-order valence-electron chi connectivity index (χ2n) is 7.17. The molecule has 1 unspecified atom stereocenters. The van der Waals surface area contributed by atoms with E-state index in [-0.39, 0.29) is 23.8 Å². The van der Waals surface area contributed by atoms with Gasteiger partial charge in [-0.25, -0.2) is 0 Å². The minimum absolute atomic E-state index is 0.0459. The number of thioether (sulfide) groups is 1. The Bertz CT molecular complexity index is 741. The Kier molecular flexibility index (Phi) is 4.61. The molecular weight excluding hydrogens is 334 g/mol. The van der Waals surface area contributed by atoms with Gasteiger partial charge in [0.15, 0.2) is 5.76 Å². The van der Waals surface area contributed by atoms with Crippen molar-refractivity contribution >= 4 is 17.7 Å². The standard InChI is InChI=1S/C20H23NO3S/c1-13-2-7-17(8-3-13)25-12-16-6-9-18(24-16)20(23)21-10-14-4-5-15(11-21)19(14)22/h2-3,6-9,14-15,19,22H,4-5,10-12H2,1H3/t14-,15+,19?. The molecule has 4 nitrogen and oxygen atoms in total. The van der Waals surface area contributed by atoms with Gasteiger partial charge in [-0.1, -0.05) is 17.7 Å². The molecule has 1 aliphatic heterocycles. The number of fused-ring (bicyclic) bond motifs is 2. The Labute approximate surface area is 152 Å². The van der Waals surface area contributed by atoms with Crippen molar-refractivity contribution in [2.24, 2.45) is 11.8 Å². The van der Waals surface area contributed by atoms with Crippen molar-refractivity contribution in [1.82, 2.24) is 4.90 Å². The van der Waals surface area contributed by atoms with Crippen LogP contribution in [0.5, 0.6) is 0 Å². The lowest BCUT2D eigenvalue weighted by atomic mass is 9.95. The van der Waals surface area contributed by atoms with E-state index >= 15 is 0 Å². The molecule has 1 N–H and O–H groups in total. The summed E-state index contributed by atoms with van der Waals surface area (Å²) in [6, 6.07) is 12.1. The van der Waals surface area contributed by atoms with E-state index < -0.39 is 0 Å². The quantitative estimate of drug-likeness (QED) is 0.847. The van der Waals surface area contributed by atoms with E-state index in [2.05, 4.69) is 31.2 Å². The molecule has 25 heavy (non-hydrogen) atoms. The van der Waals surface area contributed by atoms with E-state index in [1.807, 2.05) is 11.0 Å². The van der Waals surface area contributed by atoms with E-state index in [9.17, 15) is 9.90 Å². The predicted octanol–water partition coefficient (Wildman–Crippen LogP) is 3.72. The summed E-state index contributed by atoms with van der Waals surface area (Å²) in [6.07, 6.45) is 1.81. The molecular formula is C20H23NO3S.